The molecule has 1 heteroatoms. The summed E-state index contributed by atoms with van der Waals surface area (Å²) in [6.45, 7) is 5.96. The molecule has 0 rings (SSSR count). The Kier molecular flexibility index (Phi) is 6.73. The van der Waals surface area contributed by atoms with Crippen LogP contribution < -0.4 is 0 Å². The molecule has 12 heavy (non-hydrogen) atoms. The number of unbranched alkanes of at least 4 members (excludes halogenated alkanes) is 1. The highest BCUT2D eigenvalue weighted by Crippen LogP contribution is 2.13. The topological polar surface area (TPSA) is 17.1 Å². The van der Waals surface area contributed by atoms with Gasteiger partial charge in [-0.25, -0.2) is 0 Å². The van der Waals surface area contributed by atoms with Crippen molar-refractivity contribution >= 4 is 5.78 Å². The first kappa shape index (κ1) is 11.4. The lowest BCUT2D eigenvalue weighted by molar-refractivity contribution is -0.112. The van der Waals surface area contributed by atoms with Crippen LogP contribution in [0.5, 0.6) is 0 Å². The Hall–Kier alpha value is -0.590. The van der Waals surface area contributed by atoms with Crippen molar-refractivity contribution in [2.24, 2.45) is 0 Å². The lowest BCUT2D eigenvalue weighted by atomic mass is 10.0. The smallest absolute Gasteiger partial charge is 0.152 e. The van der Waals surface area contributed by atoms with Crippen LogP contribution in [0, 0.1) is 0 Å². The van der Waals surface area contributed by atoms with Crippen LogP contribution in [-0.2, 0) is 4.79 Å². The molecule has 0 atom stereocenters. The van der Waals surface area contributed by atoms with Crippen LogP contribution in [0.2, 0.25) is 0 Å². The Balaban J connectivity index is 3.93. The van der Waals surface area contributed by atoms with Crippen LogP contribution >= 0.6 is 0 Å². The summed E-state index contributed by atoms with van der Waals surface area (Å²) in [5.41, 5.74) is 1.33. The van der Waals surface area contributed by atoms with Gasteiger partial charge in [0.2, 0.25) is 0 Å². The molecule has 1 nitrogen and oxygen atoms in total. The number of carbonyl (C=O) groups excluding carboxylic acids is 1. The molecule has 0 amide bonds. The molecule has 0 saturated heterocycles. The molecule has 0 bridgehead atoms. The van der Waals surface area contributed by atoms with E-state index in [4.69, 9.17) is 0 Å². The second-order valence-electron chi connectivity index (χ2n) is 3.27. The van der Waals surface area contributed by atoms with E-state index < -0.39 is 0 Å². The van der Waals surface area contributed by atoms with Crippen molar-refractivity contribution in [2.45, 2.75) is 52.9 Å². The molecule has 70 valence electrons. The predicted octanol–water partition coefficient (Wildman–Crippen LogP) is 3.49. The van der Waals surface area contributed by atoms with Crippen molar-refractivity contribution in [1.82, 2.24) is 0 Å². The molecular weight excluding hydrogens is 148 g/mol. The van der Waals surface area contributed by atoms with Gasteiger partial charge in [-0.2, -0.15) is 0 Å². The summed E-state index contributed by atoms with van der Waals surface area (Å²) < 4.78 is 0. The lowest BCUT2D eigenvalue weighted by Crippen LogP contribution is -1.90. The summed E-state index contributed by atoms with van der Waals surface area (Å²) in [5.74, 6) is 0.189. The van der Waals surface area contributed by atoms with E-state index in [1.807, 2.05) is 0 Å². The molecule has 0 aromatic rings. The number of allylic oxidation sites excluding steroid dienone is 2. The van der Waals surface area contributed by atoms with Crippen molar-refractivity contribution in [3.8, 4) is 0 Å². The van der Waals surface area contributed by atoms with E-state index in [0.717, 1.165) is 19.3 Å². The SMILES string of the molecule is CCCCC(=CC(C)=O)CCC. The van der Waals surface area contributed by atoms with Crippen LogP contribution in [0.25, 0.3) is 0 Å². The summed E-state index contributed by atoms with van der Waals surface area (Å²) in [5, 5.41) is 0. The fourth-order valence-corrected chi connectivity index (χ4v) is 1.28. The van der Waals surface area contributed by atoms with Crippen LogP contribution in [-0.4, -0.2) is 5.78 Å². The van der Waals surface area contributed by atoms with Crippen LogP contribution in [0.4, 0.5) is 0 Å². The van der Waals surface area contributed by atoms with Gasteiger partial charge in [-0.3, -0.25) is 4.79 Å². The van der Waals surface area contributed by atoms with Gasteiger partial charge in [0.25, 0.3) is 0 Å². The zero-order valence-electron chi connectivity index (χ0n) is 8.52. The fourth-order valence-electron chi connectivity index (χ4n) is 1.28. The minimum Gasteiger partial charge on any atom is -0.295 e. The summed E-state index contributed by atoms with van der Waals surface area (Å²) >= 11 is 0. The maximum atomic E-state index is 10.8. The number of carbonyl (C=O) groups is 1. The zero-order chi connectivity index (χ0) is 9.40. The predicted molar refractivity (Wildman–Crippen MR) is 53.2 cm³/mol. The maximum Gasteiger partial charge on any atom is 0.152 e. The second kappa shape index (κ2) is 7.08. The van der Waals surface area contributed by atoms with Gasteiger partial charge in [-0.15, -0.1) is 0 Å². The van der Waals surface area contributed by atoms with E-state index in [-0.39, 0.29) is 5.78 Å². The molecule has 0 heterocycles. The molecule has 0 radical (unpaired) electrons. The van der Waals surface area contributed by atoms with Gasteiger partial charge in [0.15, 0.2) is 5.78 Å². The number of ketones is 1. The molecule has 0 aromatic heterocycles. The molecule has 0 unspecified atom stereocenters. The molecule has 0 fully saturated rings. The van der Waals surface area contributed by atoms with E-state index in [1.165, 1.54) is 18.4 Å². The minimum absolute atomic E-state index is 0.189. The quantitative estimate of drug-likeness (QED) is 0.555. The van der Waals surface area contributed by atoms with Crippen LogP contribution in [0.15, 0.2) is 11.6 Å². The number of hydrogen-bond acceptors (Lipinski definition) is 1. The van der Waals surface area contributed by atoms with Crippen molar-refractivity contribution < 1.29 is 4.79 Å². The lowest BCUT2D eigenvalue weighted by Gasteiger charge is -2.03. The van der Waals surface area contributed by atoms with Crippen molar-refractivity contribution in [3.05, 3.63) is 11.6 Å². The fraction of sp³-hybridized carbons (Fsp3) is 0.727. The minimum atomic E-state index is 0.189. The first-order chi connectivity index (χ1) is 5.70. The van der Waals surface area contributed by atoms with Crippen LogP contribution in [0.3, 0.4) is 0 Å². The van der Waals surface area contributed by atoms with Gasteiger partial charge in [-0.1, -0.05) is 32.3 Å². The van der Waals surface area contributed by atoms with Gasteiger partial charge in [-0.05, 0) is 32.3 Å². The molecule has 0 saturated carbocycles. The Morgan fingerprint density at radius 2 is 1.83 bits per heavy atom. The average molecular weight is 168 g/mol. The van der Waals surface area contributed by atoms with E-state index >= 15 is 0 Å². The van der Waals surface area contributed by atoms with Gasteiger partial charge in [0.05, 0.1) is 0 Å². The highest BCUT2D eigenvalue weighted by Gasteiger charge is 1.97. The second-order valence-corrected chi connectivity index (χ2v) is 3.27. The molecule has 0 aliphatic carbocycles. The summed E-state index contributed by atoms with van der Waals surface area (Å²) in [7, 11) is 0. The van der Waals surface area contributed by atoms with Crippen molar-refractivity contribution in [2.75, 3.05) is 0 Å². The molecule has 0 aliphatic rings. The summed E-state index contributed by atoms with van der Waals surface area (Å²) in [6, 6.07) is 0. The average Bonchev–Trinajstić information content (AvgIpc) is 2.00. The van der Waals surface area contributed by atoms with Gasteiger partial charge in [0, 0.05) is 0 Å². The Morgan fingerprint density at radius 1 is 1.17 bits per heavy atom. The number of hydrogen-bond donors (Lipinski definition) is 0. The highest BCUT2D eigenvalue weighted by molar-refractivity contribution is 5.87. The standard InChI is InChI=1S/C11H20O/c1-4-6-8-11(7-5-2)9-10(3)12/h9H,4-8H2,1-3H3. The van der Waals surface area contributed by atoms with E-state index in [1.54, 1.807) is 13.0 Å². The van der Waals surface area contributed by atoms with Crippen LogP contribution in [0.1, 0.15) is 52.9 Å². The van der Waals surface area contributed by atoms with Gasteiger partial charge >= 0.3 is 0 Å². The summed E-state index contributed by atoms with van der Waals surface area (Å²) in [4.78, 5) is 10.8. The molecule has 0 aliphatic heterocycles. The third kappa shape index (κ3) is 6.14. The first-order valence-corrected chi connectivity index (χ1v) is 4.90. The maximum absolute atomic E-state index is 10.8. The largest absolute Gasteiger partial charge is 0.295 e. The Labute approximate surface area is 75.9 Å². The first-order valence-electron chi connectivity index (χ1n) is 4.90. The zero-order valence-corrected chi connectivity index (χ0v) is 8.52. The normalized spacial score (nSPS) is 11.8. The molecule has 0 aromatic carbocycles. The summed E-state index contributed by atoms with van der Waals surface area (Å²) in [6.07, 6.45) is 7.55. The third-order valence-corrected chi connectivity index (χ3v) is 1.83. The van der Waals surface area contributed by atoms with Crippen molar-refractivity contribution in [1.29, 1.82) is 0 Å². The van der Waals surface area contributed by atoms with E-state index in [2.05, 4.69) is 13.8 Å². The van der Waals surface area contributed by atoms with E-state index in [9.17, 15) is 4.79 Å². The Morgan fingerprint density at radius 3 is 2.25 bits per heavy atom. The molecule has 0 N–H and O–H groups in total. The monoisotopic (exact) mass is 168 g/mol. The molecular formula is C11H20O. The van der Waals surface area contributed by atoms with Gasteiger partial charge in [0.1, 0.15) is 0 Å². The highest BCUT2D eigenvalue weighted by atomic mass is 16.1. The third-order valence-electron chi connectivity index (χ3n) is 1.83. The Bertz CT molecular complexity index is 156. The van der Waals surface area contributed by atoms with Crippen molar-refractivity contribution in [3.63, 3.8) is 0 Å². The molecule has 0 spiro atoms. The van der Waals surface area contributed by atoms with E-state index in [0.29, 0.717) is 0 Å². The van der Waals surface area contributed by atoms with Gasteiger partial charge < -0.3 is 0 Å². The number of rotatable bonds is 6.